The van der Waals surface area contributed by atoms with Gasteiger partial charge < -0.3 is 9.30 Å². The first kappa shape index (κ1) is 19.3. The molecule has 0 unspecified atom stereocenters. The lowest BCUT2D eigenvalue weighted by atomic mass is 10.2. The number of thiazole rings is 1. The van der Waals surface area contributed by atoms with Gasteiger partial charge in [0.25, 0.3) is 0 Å². The van der Waals surface area contributed by atoms with Crippen LogP contribution in [0.3, 0.4) is 0 Å². The first-order chi connectivity index (χ1) is 14.1. The predicted molar refractivity (Wildman–Crippen MR) is 121 cm³/mol. The van der Waals surface area contributed by atoms with Crippen molar-refractivity contribution in [1.82, 2.24) is 9.55 Å². The quantitative estimate of drug-likeness (QED) is 0.280. The number of fused-ring (bicyclic) bond motifs is 1. The highest BCUT2D eigenvalue weighted by Gasteiger charge is 2.12. The van der Waals surface area contributed by atoms with Crippen LogP contribution in [-0.2, 0) is 0 Å². The summed E-state index contributed by atoms with van der Waals surface area (Å²) in [5, 5.41) is 9.68. The number of nitrogens with zero attached hydrogens (tertiary/aromatic N) is 3. The van der Waals surface area contributed by atoms with Gasteiger partial charge in [-0.3, -0.25) is 0 Å². The largest absolute Gasteiger partial charge is 0.497 e. The molecule has 0 aliphatic rings. The third-order valence-corrected chi connectivity index (χ3v) is 6.70. The van der Waals surface area contributed by atoms with Crippen LogP contribution in [0.1, 0.15) is 17.0 Å². The topological polar surface area (TPSA) is 50.8 Å². The van der Waals surface area contributed by atoms with Crippen LogP contribution in [-0.4, -0.2) is 16.7 Å². The molecule has 0 atom stereocenters. The van der Waals surface area contributed by atoms with E-state index in [4.69, 9.17) is 4.74 Å². The minimum Gasteiger partial charge on any atom is -0.497 e. The zero-order valence-electron chi connectivity index (χ0n) is 16.3. The lowest BCUT2D eigenvalue weighted by Crippen LogP contribution is -1.99. The molecule has 4 aromatic rings. The summed E-state index contributed by atoms with van der Waals surface area (Å²) in [5.74, 6) is 0.829. The Kier molecular flexibility index (Phi) is 5.43. The van der Waals surface area contributed by atoms with Gasteiger partial charge in [-0.25, -0.2) is 4.98 Å². The van der Waals surface area contributed by atoms with Crippen molar-refractivity contribution in [2.24, 2.45) is 0 Å². The van der Waals surface area contributed by atoms with E-state index < -0.39 is 0 Å². The van der Waals surface area contributed by atoms with Crippen LogP contribution in [0.2, 0.25) is 0 Å². The fourth-order valence-corrected chi connectivity index (χ4v) is 5.24. The molecule has 2 aromatic carbocycles. The number of methoxy groups -OCH3 is 1. The maximum absolute atomic E-state index is 9.68. The standard InChI is InChI=1S/C23H19N3OS2/c1-15-12-17(16(2)26(15)18-8-10-19(27-3)11-9-18)13-20(14-24)28-23-25-21-6-4-5-7-22(21)29-23/h4-13H,1-3H3/b20-13+. The summed E-state index contributed by atoms with van der Waals surface area (Å²) in [6.07, 6.45) is 1.94. The molecule has 0 aliphatic heterocycles. The first-order valence-corrected chi connectivity index (χ1v) is 10.7. The van der Waals surface area contributed by atoms with E-state index >= 15 is 0 Å². The van der Waals surface area contributed by atoms with Crippen molar-refractivity contribution in [2.45, 2.75) is 18.2 Å². The maximum Gasteiger partial charge on any atom is 0.156 e. The van der Waals surface area contributed by atoms with Crippen molar-refractivity contribution in [2.75, 3.05) is 7.11 Å². The molecule has 6 heteroatoms. The van der Waals surface area contributed by atoms with Crippen molar-refractivity contribution in [1.29, 1.82) is 5.26 Å². The number of benzene rings is 2. The lowest BCUT2D eigenvalue weighted by molar-refractivity contribution is 0.414. The Morgan fingerprint density at radius 2 is 1.93 bits per heavy atom. The van der Waals surface area contributed by atoms with E-state index in [1.165, 1.54) is 11.8 Å². The van der Waals surface area contributed by atoms with E-state index in [1.54, 1.807) is 18.4 Å². The SMILES string of the molecule is COc1ccc(-n2c(C)cc(/C=C(\C#N)Sc3nc4ccccc4s3)c2C)cc1. The molecule has 0 spiro atoms. The van der Waals surface area contributed by atoms with Crippen molar-refractivity contribution in [3.63, 3.8) is 0 Å². The van der Waals surface area contributed by atoms with Gasteiger partial charge in [0.15, 0.2) is 4.34 Å². The molecule has 4 rings (SSSR count). The first-order valence-electron chi connectivity index (χ1n) is 9.07. The molecule has 2 heterocycles. The number of para-hydroxylation sites is 1. The maximum atomic E-state index is 9.68. The minimum absolute atomic E-state index is 0.624. The van der Waals surface area contributed by atoms with Crippen molar-refractivity contribution in [3.05, 3.63) is 76.5 Å². The zero-order chi connectivity index (χ0) is 20.4. The summed E-state index contributed by atoms with van der Waals surface area (Å²) < 4.78 is 9.44. The monoisotopic (exact) mass is 417 g/mol. The molecule has 0 N–H and O–H groups in total. The third-order valence-electron chi connectivity index (χ3n) is 4.67. The third kappa shape index (κ3) is 3.93. The fourth-order valence-electron chi connectivity index (χ4n) is 3.28. The van der Waals surface area contributed by atoms with Crippen LogP contribution >= 0.6 is 23.1 Å². The number of aryl methyl sites for hydroxylation is 1. The summed E-state index contributed by atoms with van der Waals surface area (Å²) in [5.41, 5.74) is 5.27. The number of thioether (sulfide) groups is 1. The second kappa shape index (κ2) is 8.16. The molecule has 0 amide bonds. The van der Waals surface area contributed by atoms with Crippen molar-refractivity contribution in [3.8, 4) is 17.5 Å². The molecule has 0 saturated heterocycles. The van der Waals surface area contributed by atoms with Gasteiger partial charge in [-0.1, -0.05) is 12.1 Å². The molecule has 0 radical (unpaired) electrons. The highest BCUT2D eigenvalue weighted by atomic mass is 32.2. The number of hydrogen-bond acceptors (Lipinski definition) is 5. The lowest BCUT2D eigenvalue weighted by Gasteiger charge is -2.10. The number of rotatable bonds is 5. The van der Waals surface area contributed by atoms with Gasteiger partial charge >= 0.3 is 0 Å². The molecule has 29 heavy (non-hydrogen) atoms. The highest BCUT2D eigenvalue weighted by molar-refractivity contribution is 8.05. The van der Waals surface area contributed by atoms with Gasteiger partial charge in [0.05, 0.1) is 22.2 Å². The second-order valence-corrected chi connectivity index (χ2v) is 8.85. The average molecular weight is 418 g/mol. The minimum atomic E-state index is 0.624. The van der Waals surface area contributed by atoms with Crippen molar-refractivity contribution >= 4 is 39.4 Å². The van der Waals surface area contributed by atoms with Crippen LogP contribution < -0.4 is 4.74 Å². The summed E-state index contributed by atoms with van der Waals surface area (Å²) >= 11 is 3.02. The number of aromatic nitrogens is 2. The fraction of sp³-hybridized carbons (Fsp3) is 0.130. The van der Waals surface area contributed by atoms with Crippen LogP contribution in [0, 0.1) is 25.2 Å². The van der Waals surface area contributed by atoms with E-state index in [0.29, 0.717) is 4.91 Å². The van der Waals surface area contributed by atoms with Crippen LogP contribution in [0.5, 0.6) is 5.75 Å². The molecule has 0 fully saturated rings. The van der Waals surface area contributed by atoms with Gasteiger partial charge in [0.1, 0.15) is 11.8 Å². The normalized spacial score (nSPS) is 11.6. The Labute approximate surface area is 178 Å². The number of nitriles is 1. The Morgan fingerprint density at radius 1 is 1.17 bits per heavy atom. The summed E-state index contributed by atoms with van der Waals surface area (Å²) in [4.78, 5) is 5.25. The molecular weight excluding hydrogens is 398 g/mol. The van der Waals surface area contributed by atoms with E-state index in [2.05, 4.69) is 41.6 Å². The molecular formula is C23H19N3OS2. The smallest absolute Gasteiger partial charge is 0.156 e. The average Bonchev–Trinajstić information content (AvgIpc) is 3.27. The molecule has 144 valence electrons. The van der Waals surface area contributed by atoms with Crippen LogP contribution in [0.25, 0.3) is 22.0 Å². The van der Waals surface area contributed by atoms with Gasteiger partial charge in [-0.05, 0) is 79.7 Å². The Morgan fingerprint density at radius 3 is 2.62 bits per heavy atom. The van der Waals surface area contributed by atoms with E-state index in [9.17, 15) is 5.26 Å². The Balaban J connectivity index is 1.66. The van der Waals surface area contributed by atoms with Crippen molar-refractivity contribution < 1.29 is 4.74 Å². The molecule has 0 saturated carbocycles. The highest BCUT2D eigenvalue weighted by Crippen LogP contribution is 2.35. The van der Waals surface area contributed by atoms with E-state index in [1.807, 2.05) is 48.5 Å². The van der Waals surface area contributed by atoms with Gasteiger partial charge in [0.2, 0.25) is 0 Å². The molecule has 2 aromatic heterocycles. The Bertz CT molecular complexity index is 1210. The summed E-state index contributed by atoms with van der Waals surface area (Å²) in [6, 6.07) is 20.4. The summed E-state index contributed by atoms with van der Waals surface area (Å²) in [7, 11) is 1.66. The number of hydrogen-bond donors (Lipinski definition) is 0. The summed E-state index contributed by atoms with van der Waals surface area (Å²) in [6.45, 7) is 4.14. The van der Waals surface area contributed by atoms with Crippen LogP contribution in [0.15, 0.2) is 63.8 Å². The Hall–Kier alpha value is -3.01. The molecule has 0 bridgehead atoms. The second-order valence-electron chi connectivity index (χ2n) is 6.53. The van der Waals surface area contributed by atoms with Gasteiger partial charge in [-0.15, -0.1) is 11.3 Å². The predicted octanol–water partition coefficient (Wildman–Crippen LogP) is 6.37. The van der Waals surface area contributed by atoms with E-state index in [-0.39, 0.29) is 0 Å². The zero-order valence-corrected chi connectivity index (χ0v) is 18.0. The molecule has 4 nitrogen and oxygen atoms in total. The van der Waals surface area contributed by atoms with Gasteiger partial charge in [0, 0.05) is 17.1 Å². The molecule has 0 aliphatic carbocycles. The van der Waals surface area contributed by atoms with E-state index in [0.717, 1.165) is 42.9 Å². The number of allylic oxidation sites excluding steroid dienone is 1. The number of ether oxygens (including phenoxy) is 1. The van der Waals surface area contributed by atoms with Gasteiger partial charge in [-0.2, -0.15) is 5.26 Å². The van der Waals surface area contributed by atoms with Crippen LogP contribution in [0.4, 0.5) is 0 Å².